The van der Waals surface area contributed by atoms with E-state index in [0.29, 0.717) is 18.5 Å². The third kappa shape index (κ3) is 4.50. The van der Waals surface area contributed by atoms with Crippen LogP contribution in [0.15, 0.2) is 24.3 Å². The van der Waals surface area contributed by atoms with E-state index in [0.717, 1.165) is 30.3 Å². The van der Waals surface area contributed by atoms with Gasteiger partial charge in [0.05, 0.1) is 22.5 Å². The van der Waals surface area contributed by atoms with E-state index in [1.807, 2.05) is 0 Å². The Morgan fingerprint density at radius 3 is 2.43 bits per heavy atom. The fraction of sp³-hybridized carbons (Fsp3) is 0.474. The second kappa shape index (κ2) is 8.13. The van der Waals surface area contributed by atoms with Crippen molar-refractivity contribution in [3.05, 3.63) is 46.8 Å². The molecule has 3 N–H and O–H groups in total. The van der Waals surface area contributed by atoms with Crippen LogP contribution in [0.2, 0.25) is 0 Å². The van der Waals surface area contributed by atoms with Crippen molar-refractivity contribution < 1.29 is 18.0 Å². The molecule has 0 spiro atoms. The maximum atomic E-state index is 13.6. The van der Waals surface area contributed by atoms with Crippen molar-refractivity contribution in [2.75, 3.05) is 0 Å². The quantitative estimate of drug-likeness (QED) is 0.795. The highest BCUT2D eigenvalue weighted by molar-refractivity contribution is 5.86. The zero-order valence-electron chi connectivity index (χ0n) is 15.8. The van der Waals surface area contributed by atoms with Gasteiger partial charge >= 0.3 is 6.18 Å². The summed E-state index contributed by atoms with van der Waals surface area (Å²) in [7, 11) is 0. The monoisotopic (exact) mass is 416 g/mol. The second-order valence-electron chi connectivity index (χ2n) is 7.22. The van der Waals surface area contributed by atoms with Gasteiger partial charge in [-0.05, 0) is 50.5 Å². The summed E-state index contributed by atoms with van der Waals surface area (Å²) in [6.07, 6.45) is -1.71. The molecule has 28 heavy (non-hydrogen) atoms. The van der Waals surface area contributed by atoms with E-state index in [1.165, 1.54) is 10.7 Å². The van der Waals surface area contributed by atoms with E-state index in [-0.39, 0.29) is 24.5 Å². The number of hydrogen-bond donors (Lipinski definition) is 2. The summed E-state index contributed by atoms with van der Waals surface area (Å²) in [5, 5.41) is 6.81. The molecule has 0 bridgehead atoms. The first kappa shape index (κ1) is 22.2. The summed E-state index contributed by atoms with van der Waals surface area (Å²) in [6.45, 7) is 3.34. The average Bonchev–Trinajstić information content (AvgIpc) is 3.18. The lowest BCUT2D eigenvalue weighted by Crippen LogP contribution is -2.51. The predicted octanol–water partition coefficient (Wildman–Crippen LogP) is 3.82. The lowest BCUT2D eigenvalue weighted by Gasteiger charge is -2.23. The van der Waals surface area contributed by atoms with Crippen molar-refractivity contribution in [3.63, 3.8) is 0 Å². The fourth-order valence-electron chi connectivity index (χ4n) is 3.59. The fourth-order valence-corrected chi connectivity index (χ4v) is 3.59. The molecule has 1 aliphatic carbocycles. The van der Waals surface area contributed by atoms with E-state index < -0.39 is 23.2 Å². The Bertz CT molecular complexity index is 857. The maximum absolute atomic E-state index is 13.6. The minimum absolute atomic E-state index is 0. The van der Waals surface area contributed by atoms with Gasteiger partial charge in [-0.2, -0.15) is 18.3 Å². The van der Waals surface area contributed by atoms with Crippen LogP contribution in [0.4, 0.5) is 13.2 Å². The largest absolute Gasteiger partial charge is 0.416 e. The number of aryl methyl sites for hydroxylation is 2. The molecule has 0 aliphatic heterocycles. The molecule has 1 aromatic heterocycles. The third-order valence-electron chi connectivity index (χ3n) is 5.04. The van der Waals surface area contributed by atoms with Crippen LogP contribution in [0, 0.1) is 13.8 Å². The van der Waals surface area contributed by atoms with Crippen molar-refractivity contribution in [3.8, 4) is 5.69 Å². The van der Waals surface area contributed by atoms with Gasteiger partial charge in [-0.3, -0.25) is 4.79 Å². The van der Waals surface area contributed by atoms with E-state index >= 15 is 0 Å². The molecule has 2 aromatic rings. The minimum Gasteiger partial charge on any atom is -0.350 e. The van der Waals surface area contributed by atoms with Gasteiger partial charge in [-0.15, -0.1) is 12.4 Å². The van der Waals surface area contributed by atoms with Crippen molar-refractivity contribution in [2.45, 2.75) is 57.8 Å². The number of nitrogens with zero attached hydrogens (tertiary/aromatic N) is 2. The maximum Gasteiger partial charge on any atom is 0.416 e. The van der Waals surface area contributed by atoms with Gasteiger partial charge in [0, 0.05) is 12.2 Å². The number of halogens is 4. The standard InChI is InChI=1S/C19H23F3N4O.ClH/c1-12-9-13(2)26(25-12)15-6-5-14(16(10-15)19(20,21)22)11-24-17(27)18(23)7-3-4-8-18;/h5-6,9-10H,3-4,7-8,11,23H2,1-2H3,(H,24,27);1H. The Balaban J connectivity index is 0.00000280. The third-order valence-corrected chi connectivity index (χ3v) is 5.04. The van der Waals surface area contributed by atoms with E-state index in [4.69, 9.17) is 5.73 Å². The molecule has 154 valence electrons. The van der Waals surface area contributed by atoms with E-state index in [1.54, 1.807) is 26.0 Å². The molecule has 1 fully saturated rings. The molecule has 1 aliphatic rings. The number of hydrogen-bond acceptors (Lipinski definition) is 3. The molecule has 3 rings (SSSR count). The molecule has 0 saturated heterocycles. The smallest absolute Gasteiger partial charge is 0.350 e. The number of amides is 1. The first-order valence-corrected chi connectivity index (χ1v) is 8.91. The molecule has 0 radical (unpaired) electrons. The van der Waals surface area contributed by atoms with Gasteiger partial charge in [0.1, 0.15) is 0 Å². The number of alkyl halides is 3. The van der Waals surface area contributed by atoms with Crippen molar-refractivity contribution in [1.82, 2.24) is 15.1 Å². The topological polar surface area (TPSA) is 72.9 Å². The molecular weight excluding hydrogens is 393 g/mol. The van der Waals surface area contributed by atoms with Gasteiger partial charge in [0.15, 0.2) is 0 Å². The number of carbonyl (C=O) groups is 1. The van der Waals surface area contributed by atoms with Gasteiger partial charge in [0.2, 0.25) is 5.91 Å². The number of nitrogens with one attached hydrogen (secondary N) is 1. The summed E-state index contributed by atoms with van der Waals surface area (Å²) in [5.41, 5.74) is 6.11. The number of carbonyl (C=O) groups excluding carboxylic acids is 1. The van der Waals surface area contributed by atoms with Crippen molar-refractivity contribution in [2.24, 2.45) is 5.73 Å². The first-order chi connectivity index (χ1) is 12.6. The number of benzene rings is 1. The van der Waals surface area contributed by atoms with Crippen LogP contribution >= 0.6 is 12.4 Å². The zero-order valence-corrected chi connectivity index (χ0v) is 16.6. The molecule has 1 amide bonds. The van der Waals surface area contributed by atoms with Crippen LogP contribution in [-0.2, 0) is 17.5 Å². The second-order valence-corrected chi connectivity index (χ2v) is 7.22. The molecule has 0 atom stereocenters. The number of aromatic nitrogens is 2. The Morgan fingerprint density at radius 2 is 1.89 bits per heavy atom. The Hall–Kier alpha value is -2.06. The van der Waals surface area contributed by atoms with Crippen molar-refractivity contribution in [1.29, 1.82) is 0 Å². The summed E-state index contributed by atoms with van der Waals surface area (Å²) in [5.74, 6) is -0.393. The van der Waals surface area contributed by atoms with Crippen LogP contribution in [-0.4, -0.2) is 21.2 Å². The molecule has 5 nitrogen and oxygen atoms in total. The van der Waals surface area contributed by atoms with Crippen LogP contribution in [0.25, 0.3) is 5.69 Å². The lowest BCUT2D eigenvalue weighted by molar-refractivity contribution is -0.138. The summed E-state index contributed by atoms with van der Waals surface area (Å²) in [4.78, 5) is 12.3. The summed E-state index contributed by atoms with van der Waals surface area (Å²) in [6, 6.07) is 5.81. The molecule has 1 aromatic carbocycles. The van der Waals surface area contributed by atoms with Gasteiger partial charge in [0.25, 0.3) is 0 Å². The summed E-state index contributed by atoms with van der Waals surface area (Å²) < 4.78 is 42.2. The van der Waals surface area contributed by atoms with E-state index in [2.05, 4.69) is 10.4 Å². The van der Waals surface area contributed by atoms with Gasteiger partial charge < -0.3 is 11.1 Å². The lowest BCUT2D eigenvalue weighted by atomic mass is 9.97. The van der Waals surface area contributed by atoms with Crippen LogP contribution < -0.4 is 11.1 Å². The van der Waals surface area contributed by atoms with Gasteiger partial charge in [-0.1, -0.05) is 18.9 Å². The van der Waals surface area contributed by atoms with Crippen LogP contribution in [0.3, 0.4) is 0 Å². The molecular formula is C19H24ClF3N4O. The van der Waals surface area contributed by atoms with Crippen LogP contribution in [0.1, 0.15) is 48.2 Å². The Kier molecular flexibility index (Phi) is 6.45. The molecule has 0 unspecified atom stereocenters. The highest BCUT2D eigenvalue weighted by Crippen LogP contribution is 2.34. The van der Waals surface area contributed by atoms with Crippen molar-refractivity contribution >= 4 is 18.3 Å². The SMILES string of the molecule is Cc1cc(C)n(-c2ccc(CNC(=O)C3(N)CCCC3)c(C(F)(F)F)c2)n1.Cl. The Labute approximate surface area is 167 Å². The molecule has 1 heterocycles. The Morgan fingerprint density at radius 1 is 1.25 bits per heavy atom. The average molecular weight is 417 g/mol. The van der Waals surface area contributed by atoms with Crippen LogP contribution in [0.5, 0.6) is 0 Å². The summed E-state index contributed by atoms with van der Waals surface area (Å²) >= 11 is 0. The zero-order chi connectivity index (χ0) is 19.8. The van der Waals surface area contributed by atoms with E-state index in [9.17, 15) is 18.0 Å². The first-order valence-electron chi connectivity index (χ1n) is 8.91. The number of rotatable bonds is 4. The highest BCUT2D eigenvalue weighted by Gasteiger charge is 2.38. The highest BCUT2D eigenvalue weighted by atomic mass is 35.5. The number of nitrogens with two attached hydrogens (primary N) is 1. The van der Waals surface area contributed by atoms with Gasteiger partial charge in [-0.25, -0.2) is 4.68 Å². The minimum atomic E-state index is -4.54. The molecule has 1 saturated carbocycles. The normalized spacial score (nSPS) is 15.9. The predicted molar refractivity (Wildman–Crippen MR) is 103 cm³/mol. The molecule has 9 heteroatoms.